The lowest BCUT2D eigenvalue weighted by atomic mass is 10.1. The Hall–Kier alpha value is -2.76. The molecule has 0 aliphatic heterocycles. The largest absolute Gasteiger partial charge is 0.269 e. The zero-order valence-corrected chi connectivity index (χ0v) is 8.54. The van der Waals surface area contributed by atoms with E-state index in [1.165, 1.54) is 24.3 Å². The van der Waals surface area contributed by atoms with E-state index < -0.39 is 11.0 Å². The van der Waals surface area contributed by atoms with Gasteiger partial charge in [0, 0.05) is 28.5 Å². The Balaban J connectivity index is 2.98. The van der Waals surface area contributed by atoms with Crippen LogP contribution in [0.5, 0.6) is 0 Å². The summed E-state index contributed by atoms with van der Waals surface area (Å²) in [7, 11) is 0. The summed E-state index contributed by atoms with van der Waals surface area (Å²) in [6.07, 6.45) is 0. The van der Waals surface area contributed by atoms with Gasteiger partial charge in [-0.3, -0.25) is 10.1 Å². The maximum absolute atomic E-state index is 10.4. The second-order valence-corrected chi connectivity index (χ2v) is 2.98. The fourth-order valence-electron chi connectivity index (χ4n) is 1.20. The Bertz CT molecular complexity index is 499. The number of nitro benzene ring substituents is 1. The molecule has 1 atom stereocenters. The van der Waals surface area contributed by atoms with Crippen LogP contribution in [0.25, 0.3) is 20.9 Å². The first-order valence-electron chi connectivity index (χ1n) is 4.48. The zero-order valence-electron chi connectivity index (χ0n) is 8.54. The Labute approximate surface area is 95.1 Å². The molecule has 0 aliphatic rings. The maximum atomic E-state index is 10.4. The predicted molar refractivity (Wildman–Crippen MR) is 59.0 cm³/mol. The summed E-state index contributed by atoms with van der Waals surface area (Å²) in [5.41, 5.74) is 17.0. The molecule has 9 nitrogen and oxygen atoms in total. The van der Waals surface area contributed by atoms with E-state index in [0.29, 0.717) is 5.56 Å². The third-order valence-corrected chi connectivity index (χ3v) is 2.00. The van der Waals surface area contributed by atoms with Crippen LogP contribution in [0.4, 0.5) is 5.69 Å². The molecule has 9 heteroatoms. The first-order chi connectivity index (χ1) is 8.19. The number of hydrogen-bond acceptors (Lipinski definition) is 4. The van der Waals surface area contributed by atoms with Crippen molar-refractivity contribution >= 4 is 5.69 Å². The molecule has 1 unspecified atom stereocenters. The van der Waals surface area contributed by atoms with Gasteiger partial charge in [-0.25, -0.2) is 0 Å². The first kappa shape index (κ1) is 12.3. The minimum Gasteiger partial charge on any atom is -0.258 e. The Morgan fingerprint density at radius 2 is 1.94 bits per heavy atom. The van der Waals surface area contributed by atoms with Crippen LogP contribution in [-0.4, -0.2) is 11.5 Å². The van der Waals surface area contributed by atoms with E-state index in [2.05, 4.69) is 20.1 Å². The van der Waals surface area contributed by atoms with Crippen molar-refractivity contribution in [2.45, 2.75) is 6.04 Å². The van der Waals surface area contributed by atoms with E-state index >= 15 is 0 Å². The molecule has 0 bridgehead atoms. The minimum atomic E-state index is -0.656. The van der Waals surface area contributed by atoms with Crippen LogP contribution in [0.15, 0.2) is 34.5 Å². The van der Waals surface area contributed by atoms with E-state index in [9.17, 15) is 10.1 Å². The standard InChI is InChI=1S/C8H7N7O2/c9-13-11-5-8(12-14-10)6-1-3-7(4-2-6)15(16)17/h1-4,8H,5H2. The number of benzene rings is 1. The molecule has 0 saturated heterocycles. The summed E-state index contributed by atoms with van der Waals surface area (Å²) < 4.78 is 0. The topological polar surface area (TPSA) is 141 Å². The number of azide groups is 2. The van der Waals surface area contributed by atoms with Crippen molar-refractivity contribution in [3.8, 4) is 0 Å². The lowest BCUT2D eigenvalue weighted by Crippen LogP contribution is -1.98. The van der Waals surface area contributed by atoms with Gasteiger partial charge in [0.05, 0.1) is 11.0 Å². The smallest absolute Gasteiger partial charge is 0.258 e. The normalized spacial score (nSPS) is 10.8. The second kappa shape index (κ2) is 5.96. The summed E-state index contributed by atoms with van der Waals surface area (Å²) >= 11 is 0. The van der Waals surface area contributed by atoms with Crippen LogP contribution < -0.4 is 0 Å². The van der Waals surface area contributed by atoms with Gasteiger partial charge in [0.15, 0.2) is 0 Å². The summed E-state index contributed by atoms with van der Waals surface area (Å²) in [6.45, 7) is -0.0294. The Morgan fingerprint density at radius 1 is 1.29 bits per heavy atom. The quantitative estimate of drug-likeness (QED) is 0.253. The highest BCUT2D eigenvalue weighted by atomic mass is 16.6. The first-order valence-corrected chi connectivity index (χ1v) is 4.48. The van der Waals surface area contributed by atoms with Crippen LogP contribution >= 0.6 is 0 Å². The summed E-state index contributed by atoms with van der Waals surface area (Å²) in [4.78, 5) is 15.1. The highest BCUT2D eigenvalue weighted by molar-refractivity contribution is 5.34. The van der Waals surface area contributed by atoms with Crippen molar-refractivity contribution in [2.75, 3.05) is 6.54 Å². The number of non-ortho nitro benzene ring substituents is 1. The number of rotatable bonds is 5. The monoisotopic (exact) mass is 233 g/mol. The highest BCUT2D eigenvalue weighted by Crippen LogP contribution is 2.21. The number of hydrogen-bond donors (Lipinski definition) is 0. The Morgan fingerprint density at radius 3 is 2.41 bits per heavy atom. The van der Waals surface area contributed by atoms with Crippen molar-refractivity contribution in [1.82, 2.24) is 0 Å². The molecule has 1 aromatic rings. The predicted octanol–water partition coefficient (Wildman–Crippen LogP) is 3.26. The minimum absolute atomic E-state index is 0.0294. The van der Waals surface area contributed by atoms with Crippen molar-refractivity contribution in [2.24, 2.45) is 10.2 Å². The number of nitrogens with zero attached hydrogens (tertiary/aromatic N) is 7. The third kappa shape index (κ3) is 3.38. The van der Waals surface area contributed by atoms with Gasteiger partial charge in [-0.1, -0.05) is 22.4 Å². The molecule has 1 rings (SSSR count). The van der Waals surface area contributed by atoms with Gasteiger partial charge in [0.25, 0.3) is 5.69 Å². The van der Waals surface area contributed by atoms with E-state index in [1.54, 1.807) is 0 Å². The van der Waals surface area contributed by atoms with Gasteiger partial charge in [-0.15, -0.1) is 0 Å². The van der Waals surface area contributed by atoms with Crippen LogP contribution in [0, 0.1) is 10.1 Å². The van der Waals surface area contributed by atoms with Crippen LogP contribution in [0.1, 0.15) is 11.6 Å². The molecule has 17 heavy (non-hydrogen) atoms. The molecule has 86 valence electrons. The van der Waals surface area contributed by atoms with Gasteiger partial charge < -0.3 is 0 Å². The molecular formula is C8H7N7O2. The molecule has 0 N–H and O–H groups in total. The fraction of sp³-hybridized carbons (Fsp3) is 0.250. The molecule has 0 aromatic heterocycles. The lowest BCUT2D eigenvalue weighted by molar-refractivity contribution is -0.384. The van der Waals surface area contributed by atoms with Crippen LogP contribution in [0.3, 0.4) is 0 Å². The van der Waals surface area contributed by atoms with Crippen molar-refractivity contribution in [3.05, 3.63) is 60.8 Å². The number of nitro groups is 1. The fourth-order valence-corrected chi connectivity index (χ4v) is 1.20. The molecule has 0 spiro atoms. The van der Waals surface area contributed by atoms with Crippen molar-refractivity contribution in [1.29, 1.82) is 0 Å². The summed E-state index contributed by atoms with van der Waals surface area (Å²) in [5.74, 6) is 0. The van der Waals surface area contributed by atoms with E-state index in [1.807, 2.05) is 0 Å². The summed E-state index contributed by atoms with van der Waals surface area (Å²) in [6, 6.07) is 4.86. The SMILES string of the molecule is [N-]=[N+]=NCC(N=[N+]=[N-])c1ccc([N+](=O)[O-])cc1. The van der Waals surface area contributed by atoms with Crippen LogP contribution in [-0.2, 0) is 0 Å². The van der Waals surface area contributed by atoms with Crippen LogP contribution in [0.2, 0.25) is 0 Å². The van der Waals surface area contributed by atoms with Crippen molar-refractivity contribution < 1.29 is 4.92 Å². The van der Waals surface area contributed by atoms with Gasteiger partial charge >= 0.3 is 0 Å². The van der Waals surface area contributed by atoms with Gasteiger partial charge in [-0.05, 0) is 16.6 Å². The molecule has 0 amide bonds. The van der Waals surface area contributed by atoms with E-state index in [4.69, 9.17) is 11.1 Å². The average molecular weight is 233 g/mol. The van der Waals surface area contributed by atoms with Crippen molar-refractivity contribution in [3.63, 3.8) is 0 Å². The Kier molecular flexibility index (Phi) is 4.32. The molecule has 0 radical (unpaired) electrons. The van der Waals surface area contributed by atoms with E-state index in [0.717, 1.165) is 0 Å². The third-order valence-electron chi connectivity index (χ3n) is 2.00. The molecule has 0 heterocycles. The summed E-state index contributed by atoms with van der Waals surface area (Å²) in [5, 5.41) is 17.2. The maximum Gasteiger partial charge on any atom is 0.269 e. The van der Waals surface area contributed by atoms with E-state index in [-0.39, 0.29) is 12.2 Å². The highest BCUT2D eigenvalue weighted by Gasteiger charge is 2.10. The molecule has 1 aromatic carbocycles. The zero-order chi connectivity index (χ0) is 12.7. The molecule has 0 fully saturated rings. The van der Waals surface area contributed by atoms with Gasteiger partial charge in [0.2, 0.25) is 0 Å². The molecule has 0 saturated carbocycles. The lowest BCUT2D eigenvalue weighted by Gasteiger charge is -2.07. The molecule has 0 aliphatic carbocycles. The van der Waals surface area contributed by atoms with Gasteiger partial charge in [0.1, 0.15) is 0 Å². The molecular weight excluding hydrogens is 226 g/mol. The van der Waals surface area contributed by atoms with Gasteiger partial charge in [-0.2, -0.15) is 0 Å². The second-order valence-electron chi connectivity index (χ2n) is 2.98. The average Bonchev–Trinajstić information content (AvgIpc) is 2.34.